The minimum Gasteiger partial charge on any atom is -0.382 e. The number of nitrogens with two attached hydrogens (primary N) is 2. The van der Waals surface area contributed by atoms with Gasteiger partial charge in [-0.05, 0) is 47.0 Å². The van der Waals surface area contributed by atoms with Crippen molar-refractivity contribution in [2.45, 2.75) is 13.1 Å². The number of imidazole rings is 1. The van der Waals surface area contributed by atoms with Gasteiger partial charge in [0.1, 0.15) is 11.8 Å². The number of carbonyl (C=O) groups is 1. The Balaban J connectivity index is 1.64. The maximum atomic E-state index is 12.5. The largest absolute Gasteiger partial charge is 0.382 e. The second kappa shape index (κ2) is 8.03. The van der Waals surface area contributed by atoms with Crippen molar-refractivity contribution >= 4 is 33.8 Å². The van der Waals surface area contributed by atoms with Crippen LogP contribution in [0, 0.1) is 0 Å². The number of H-pyrrole nitrogens is 1. The van der Waals surface area contributed by atoms with E-state index in [0.717, 1.165) is 33.3 Å². The molecule has 9 heteroatoms. The number of rotatable bonds is 5. The topological polar surface area (TPSA) is 132 Å². The van der Waals surface area contributed by atoms with Gasteiger partial charge in [-0.2, -0.15) is 0 Å². The van der Waals surface area contributed by atoms with Crippen molar-refractivity contribution in [3.05, 3.63) is 71.9 Å². The van der Waals surface area contributed by atoms with Gasteiger partial charge in [-0.25, -0.2) is 15.0 Å². The van der Waals surface area contributed by atoms with Crippen LogP contribution >= 0.6 is 0 Å². The molecule has 0 radical (unpaired) electrons. The summed E-state index contributed by atoms with van der Waals surface area (Å²) in [4.78, 5) is 30.3. The van der Waals surface area contributed by atoms with E-state index in [-0.39, 0.29) is 5.91 Å². The van der Waals surface area contributed by atoms with E-state index in [1.165, 1.54) is 6.33 Å². The second-order valence-electron chi connectivity index (χ2n) is 8.18. The Bertz CT molecular complexity index is 1500. The fraction of sp³-hybridized carbons (Fsp3) is 0.167. The standard InChI is InChI=1S/C24H24N8O/c1-31(2)24(33)15-5-3-4-14(6-15)16-7-17-9-19(10-25)30-20(17)18(8-16)11-32-13-29-21-22(26)27-12-28-23(21)32/h3-9,12-13,30H,10-11,25H2,1-2H3,(H2,26,27,28). The van der Waals surface area contributed by atoms with Gasteiger partial charge in [-0.15, -0.1) is 0 Å². The number of carbonyl (C=O) groups excluding carboxylic acids is 1. The van der Waals surface area contributed by atoms with Crippen LogP contribution in [0.2, 0.25) is 0 Å². The third-order valence-corrected chi connectivity index (χ3v) is 5.70. The van der Waals surface area contributed by atoms with Crippen LogP contribution in [-0.4, -0.2) is 49.4 Å². The maximum Gasteiger partial charge on any atom is 0.253 e. The zero-order valence-corrected chi connectivity index (χ0v) is 18.4. The zero-order chi connectivity index (χ0) is 23.1. The Morgan fingerprint density at radius 1 is 1.09 bits per heavy atom. The van der Waals surface area contributed by atoms with Crippen LogP contribution < -0.4 is 11.5 Å². The first-order chi connectivity index (χ1) is 15.9. The number of aromatic nitrogens is 5. The molecular weight excluding hydrogens is 416 g/mol. The molecule has 0 spiro atoms. The Morgan fingerprint density at radius 3 is 2.73 bits per heavy atom. The molecule has 0 saturated heterocycles. The zero-order valence-electron chi connectivity index (χ0n) is 18.4. The summed E-state index contributed by atoms with van der Waals surface area (Å²) in [6, 6.07) is 14.0. The van der Waals surface area contributed by atoms with Crippen molar-refractivity contribution < 1.29 is 4.79 Å². The number of amides is 1. The molecule has 3 aromatic heterocycles. The van der Waals surface area contributed by atoms with Crippen LogP contribution in [0.1, 0.15) is 21.6 Å². The number of benzene rings is 2. The van der Waals surface area contributed by atoms with E-state index in [9.17, 15) is 4.79 Å². The van der Waals surface area contributed by atoms with Crippen LogP contribution in [0.15, 0.2) is 55.1 Å². The van der Waals surface area contributed by atoms with Crippen molar-refractivity contribution in [1.29, 1.82) is 0 Å². The maximum absolute atomic E-state index is 12.5. The van der Waals surface area contributed by atoms with Crippen molar-refractivity contribution in [2.24, 2.45) is 5.73 Å². The highest BCUT2D eigenvalue weighted by molar-refractivity contribution is 5.96. The Labute approximate surface area is 190 Å². The summed E-state index contributed by atoms with van der Waals surface area (Å²) in [6.07, 6.45) is 3.16. The molecule has 1 amide bonds. The van der Waals surface area contributed by atoms with E-state index in [2.05, 4.69) is 38.1 Å². The normalized spacial score (nSPS) is 11.4. The van der Waals surface area contributed by atoms with Crippen molar-refractivity contribution in [3.63, 3.8) is 0 Å². The number of nitrogens with one attached hydrogen (secondary N) is 1. The van der Waals surface area contributed by atoms with E-state index >= 15 is 0 Å². The minimum atomic E-state index is -0.0348. The molecule has 0 unspecified atom stereocenters. The smallest absolute Gasteiger partial charge is 0.253 e. The van der Waals surface area contributed by atoms with Crippen LogP contribution in [0.4, 0.5) is 5.82 Å². The SMILES string of the molecule is CN(C)C(=O)c1cccc(-c2cc(Cn3cnc4c(N)ncnc43)c3[nH]c(CN)cc3c2)c1. The molecule has 166 valence electrons. The summed E-state index contributed by atoms with van der Waals surface area (Å²) in [5, 5.41) is 1.05. The monoisotopic (exact) mass is 440 g/mol. The summed E-state index contributed by atoms with van der Waals surface area (Å²) in [5.74, 6) is 0.317. The summed E-state index contributed by atoms with van der Waals surface area (Å²) in [6.45, 7) is 0.937. The molecule has 0 aliphatic carbocycles. The molecule has 0 atom stereocenters. The second-order valence-corrected chi connectivity index (χ2v) is 8.18. The molecule has 9 nitrogen and oxygen atoms in total. The molecule has 0 bridgehead atoms. The molecule has 0 aliphatic rings. The van der Waals surface area contributed by atoms with Gasteiger partial charge in [0.2, 0.25) is 0 Å². The lowest BCUT2D eigenvalue weighted by Crippen LogP contribution is -2.21. The highest BCUT2D eigenvalue weighted by Crippen LogP contribution is 2.30. The van der Waals surface area contributed by atoms with Crippen molar-refractivity contribution in [2.75, 3.05) is 19.8 Å². The summed E-state index contributed by atoms with van der Waals surface area (Å²) in [5.41, 5.74) is 18.7. The molecule has 5 aromatic rings. The van der Waals surface area contributed by atoms with Gasteiger partial charge in [-0.3, -0.25) is 4.79 Å². The van der Waals surface area contributed by atoms with Crippen LogP contribution in [0.3, 0.4) is 0 Å². The number of hydrogen-bond acceptors (Lipinski definition) is 6. The predicted octanol–water partition coefficient (Wildman–Crippen LogP) is 2.77. The molecule has 3 heterocycles. The van der Waals surface area contributed by atoms with E-state index in [4.69, 9.17) is 11.5 Å². The van der Waals surface area contributed by atoms with Gasteiger partial charge in [0.25, 0.3) is 5.91 Å². The van der Waals surface area contributed by atoms with Gasteiger partial charge in [0.05, 0.1) is 18.4 Å². The number of nitrogens with zero attached hydrogens (tertiary/aromatic N) is 5. The van der Waals surface area contributed by atoms with Crippen LogP contribution in [0.5, 0.6) is 0 Å². The first-order valence-corrected chi connectivity index (χ1v) is 10.5. The van der Waals surface area contributed by atoms with E-state index in [1.807, 2.05) is 28.8 Å². The highest BCUT2D eigenvalue weighted by Gasteiger charge is 2.14. The first kappa shape index (κ1) is 20.7. The third kappa shape index (κ3) is 3.68. The number of aromatic amines is 1. The molecule has 5 N–H and O–H groups in total. The molecule has 2 aromatic carbocycles. The fourth-order valence-corrected chi connectivity index (χ4v) is 4.07. The lowest BCUT2D eigenvalue weighted by atomic mass is 9.98. The van der Waals surface area contributed by atoms with Crippen LogP contribution in [-0.2, 0) is 13.1 Å². The molecule has 0 saturated carbocycles. The Kier molecular flexibility index (Phi) is 5.02. The van der Waals surface area contributed by atoms with Gasteiger partial charge in [-0.1, -0.05) is 12.1 Å². The molecule has 0 aliphatic heterocycles. The van der Waals surface area contributed by atoms with Crippen LogP contribution in [0.25, 0.3) is 33.2 Å². The minimum absolute atomic E-state index is 0.0348. The number of hydrogen-bond donors (Lipinski definition) is 3. The molecular formula is C24H24N8O. The lowest BCUT2D eigenvalue weighted by Gasteiger charge is -2.13. The Morgan fingerprint density at radius 2 is 1.94 bits per heavy atom. The van der Waals surface area contributed by atoms with E-state index in [1.54, 1.807) is 25.3 Å². The summed E-state index contributed by atoms with van der Waals surface area (Å²) >= 11 is 0. The van der Waals surface area contributed by atoms with E-state index < -0.39 is 0 Å². The fourth-order valence-electron chi connectivity index (χ4n) is 4.07. The average Bonchev–Trinajstić information content (AvgIpc) is 3.43. The summed E-state index contributed by atoms with van der Waals surface area (Å²) < 4.78 is 1.95. The number of fused-ring (bicyclic) bond motifs is 2. The van der Waals surface area contributed by atoms with Crippen molar-refractivity contribution in [3.8, 4) is 11.1 Å². The summed E-state index contributed by atoms with van der Waals surface area (Å²) in [7, 11) is 3.50. The number of nitrogen functional groups attached to an aromatic ring is 1. The van der Waals surface area contributed by atoms with Crippen molar-refractivity contribution in [1.82, 2.24) is 29.4 Å². The van der Waals surface area contributed by atoms with Gasteiger partial charge in [0.15, 0.2) is 11.5 Å². The van der Waals surface area contributed by atoms with E-state index in [0.29, 0.717) is 35.6 Å². The molecule has 0 fully saturated rings. The predicted molar refractivity (Wildman–Crippen MR) is 128 cm³/mol. The lowest BCUT2D eigenvalue weighted by molar-refractivity contribution is 0.0827. The first-order valence-electron chi connectivity index (χ1n) is 10.5. The Hall–Kier alpha value is -4.24. The third-order valence-electron chi connectivity index (χ3n) is 5.70. The molecule has 5 rings (SSSR count). The number of anilines is 1. The highest BCUT2D eigenvalue weighted by atomic mass is 16.2. The van der Waals surface area contributed by atoms with Gasteiger partial charge < -0.3 is 25.9 Å². The quantitative estimate of drug-likeness (QED) is 0.385. The van der Waals surface area contributed by atoms with Gasteiger partial charge >= 0.3 is 0 Å². The molecule has 33 heavy (non-hydrogen) atoms. The van der Waals surface area contributed by atoms with Gasteiger partial charge in [0, 0.05) is 37.3 Å². The average molecular weight is 441 g/mol.